The van der Waals surface area contributed by atoms with Crippen LogP contribution in [0.2, 0.25) is 0 Å². The monoisotopic (exact) mass is 392 g/mol. The summed E-state index contributed by atoms with van der Waals surface area (Å²) in [6.45, 7) is 5.90. The summed E-state index contributed by atoms with van der Waals surface area (Å²) >= 11 is 0. The van der Waals surface area contributed by atoms with Crippen LogP contribution in [-0.4, -0.2) is 26.6 Å². The maximum atomic E-state index is 10.7. The number of nitro groups is 1. The molecule has 4 aromatic rings. The topological polar surface area (TPSA) is 115 Å². The fourth-order valence-electron chi connectivity index (χ4n) is 2.78. The number of aliphatic hydroxyl groups is 1. The van der Waals surface area contributed by atoms with Gasteiger partial charge in [-0.1, -0.05) is 24.3 Å². The minimum atomic E-state index is -0.408. The molecule has 0 bridgehead atoms. The Bertz CT molecular complexity index is 1090. The van der Waals surface area contributed by atoms with E-state index < -0.39 is 4.92 Å². The highest BCUT2D eigenvalue weighted by atomic mass is 16.6. The average molecular weight is 392 g/mol. The van der Waals surface area contributed by atoms with Crippen molar-refractivity contribution >= 4 is 33.2 Å². The standard InChI is InChI=1S/C10H8N2O2.C10H10N2.C2H6O/c1-7-4-5-9(12(13)14)10-8(7)3-2-6-11-10;1-7-4-5-9(11)10-8(7)3-2-6-12-10;1-2-3/h2-6H,1H3;2-6H,11H2,1H3;3H,2H2,1H3. The van der Waals surface area contributed by atoms with Gasteiger partial charge in [0, 0.05) is 35.8 Å². The minimum absolute atomic E-state index is 0.0613. The molecule has 4 rings (SSSR count). The first-order valence-electron chi connectivity index (χ1n) is 9.10. The molecule has 0 fully saturated rings. The third-order valence-corrected chi connectivity index (χ3v) is 4.18. The van der Waals surface area contributed by atoms with Gasteiger partial charge in [0.05, 0.1) is 16.1 Å². The van der Waals surface area contributed by atoms with E-state index in [0.29, 0.717) is 5.52 Å². The maximum absolute atomic E-state index is 10.7. The van der Waals surface area contributed by atoms with Crippen LogP contribution >= 0.6 is 0 Å². The lowest BCUT2D eigenvalue weighted by molar-refractivity contribution is -0.383. The number of rotatable bonds is 1. The lowest BCUT2D eigenvalue weighted by atomic mass is 10.1. The maximum Gasteiger partial charge on any atom is 0.295 e. The van der Waals surface area contributed by atoms with Gasteiger partial charge in [-0.3, -0.25) is 15.1 Å². The molecular weight excluding hydrogens is 368 g/mol. The minimum Gasteiger partial charge on any atom is -0.397 e. The van der Waals surface area contributed by atoms with Crippen molar-refractivity contribution in [2.45, 2.75) is 20.8 Å². The number of fused-ring (bicyclic) bond motifs is 2. The first-order chi connectivity index (χ1) is 13.9. The first-order valence-corrected chi connectivity index (χ1v) is 9.10. The second-order valence-electron chi connectivity index (χ2n) is 6.25. The van der Waals surface area contributed by atoms with Crippen LogP contribution in [0.25, 0.3) is 21.8 Å². The van der Waals surface area contributed by atoms with Gasteiger partial charge < -0.3 is 10.8 Å². The molecule has 0 unspecified atom stereocenters. The van der Waals surface area contributed by atoms with E-state index in [9.17, 15) is 10.1 Å². The predicted octanol–water partition coefficient (Wildman–Crippen LogP) is 4.58. The number of benzene rings is 2. The highest BCUT2D eigenvalue weighted by molar-refractivity contribution is 5.91. The Morgan fingerprint density at radius 2 is 1.41 bits per heavy atom. The van der Waals surface area contributed by atoms with E-state index in [1.807, 2.05) is 37.3 Å². The van der Waals surface area contributed by atoms with Gasteiger partial charge >= 0.3 is 0 Å². The number of nitrogens with two attached hydrogens (primary N) is 1. The molecule has 2 aromatic heterocycles. The Kier molecular flexibility index (Phi) is 7.56. The summed E-state index contributed by atoms with van der Waals surface area (Å²) in [5.74, 6) is 0. The van der Waals surface area contributed by atoms with Gasteiger partial charge in [0.15, 0.2) is 0 Å². The summed E-state index contributed by atoms with van der Waals surface area (Å²) < 4.78 is 0. The summed E-state index contributed by atoms with van der Waals surface area (Å²) in [6, 6.07) is 14.7. The van der Waals surface area contributed by atoms with Crippen LogP contribution in [0, 0.1) is 24.0 Å². The summed E-state index contributed by atoms with van der Waals surface area (Å²) in [7, 11) is 0. The van der Waals surface area contributed by atoms with Crippen LogP contribution in [0.3, 0.4) is 0 Å². The van der Waals surface area contributed by atoms with Crippen LogP contribution in [-0.2, 0) is 0 Å². The zero-order chi connectivity index (χ0) is 21.4. The number of aromatic nitrogens is 2. The molecule has 0 spiro atoms. The van der Waals surface area contributed by atoms with Crippen molar-refractivity contribution in [1.82, 2.24) is 9.97 Å². The van der Waals surface area contributed by atoms with Crippen LogP contribution in [0.15, 0.2) is 60.9 Å². The van der Waals surface area contributed by atoms with E-state index in [2.05, 4.69) is 16.9 Å². The van der Waals surface area contributed by atoms with Crippen LogP contribution in [0.1, 0.15) is 18.1 Å². The number of aryl methyl sites for hydroxylation is 2. The molecule has 0 radical (unpaired) electrons. The van der Waals surface area contributed by atoms with Crippen LogP contribution in [0.4, 0.5) is 11.4 Å². The number of hydrogen-bond acceptors (Lipinski definition) is 6. The van der Waals surface area contributed by atoms with Crippen molar-refractivity contribution in [2.24, 2.45) is 0 Å². The Balaban J connectivity index is 0.000000184. The lowest BCUT2D eigenvalue weighted by Crippen LogP contribution is -1.92. The molecule has 0 saturated heterocycles. The second-order valence-corrected chi connectivity index (χ2v) is 6.25. The van der Waals surface area contributed by atoms with Crippen molar-refractivity contribution in [3.8, 4) is 0 Å². The molecular formula is C22H24N4O3. The fourth-order valence-corrected chi connectivity index (χ4v) is 2.78. The highest BCUT2D eigenvalue weighted by Gasteiger charge is 2.13. The Labute approximate surface area is 169 Å². The van der Waals surface area contributed by atoms with Gasteiger partial charge in [-0.05, 0) is 50.1 Å². The number of hydrogen-bond donors (Lipinski definition) is 2. The third kappa shape index (κ3) is 5.24. The molecule has 29 heavy (non-hydrogen) atoms. The number of nitrogens with zero attached hydrogens (tertiary/aromatic N) is 3. The molecule has 7 heteroatoms. The Morgan fingerprint density at radius 1 is 0.931 bits per heavy atom. The van der Waals surface area contributed by atoms with Crippen LogP contribution in [0.5, 0.6) is 0 Å². The molecule has 3 N–H and O–H groups in total. The molecule has 150 valence electrons. The summed E-state index contributed by atoms with van der Waals surface area (Å²) in [4.78, 5) is 18.5. The van der Waals surface area contributed by atoms with Crippen molar-refractivity contribution in [3.63, 3.8) is 0 Å². The SMILES string of the molecule is CCO.Cc1ccc(N)c2ncccc12.Cc1ccc([N+](=O)[O-])c2ncccc12. The Hall–Kier alpha value is -3.58. The molecule has 0 saturated carbocycles. The van der Waals surface area contributed by atoms with Gasteiger partial charge in [-0.15, -0.1) is 0 Å². The third-order valence-electron chi connectivity index (χ3n) is 4.18. The zero-order valence-electron chi connectivity index (χ0n) is 16.7. The molecule has 0 atom stereocenters. The molecule has 0 amide bonds. The zero-order valence-corrected chi connectivity index (χ0v) is 16.7. The van der Waals surface area contributed by atoms with Crippen molar-refractivity contribution < 1.29 is 10.0 Å². The number of anilines is 1. The van der Waals surface area contributed by atoms with E-state index in [4.69, 9.17) is 10.8 Å². The van der Waals surface area contributed by atoms with Crippen molar-refractivity contribution in [1.29, 1.82) is 0 Å². The van der Waals surface area contributed by atoms with E-state index in [1.54, 1.807) is 31.5 Å². The lowest BCUT2D eigenvalue weighted by Gasteiger charge is -2.02. The molecule has 2 aromatic carbocycles. The van der Waals surface area contributed by atoms with Gasteiger partial charge in [0.2, 0.25) is 0 Å². The first kappa shape index (κ1) is 21.7. The van der Waals surface area contributed by atoms with E-state index in [0.717, 1.165) is 27.5 Å². The summed E-state index contributed by atoms with van der Waals surface area (Å²) in [6.07, 6.45) is 3.33. The number of nitrogen functional groups attached to an aromatic ring is 1. The molecule has 7 nitrogen and oxygen atoms in total. The van der Waals surface area contributed by atoms with Gasteiger partial charge in [-0.2, -0.15) is 0 Å². The number of non-ortho nitro benzene ring substituents is 1. The highest BCUT2D eigenvalue weighted by Crippen LogP contribution is 2.25. The predicted molar refractivity (Wildman–Crippen MR) is 117 cm³/mol. The normalized spacial score (nSPS) is 9.93. The van der Waals surface area contributed by atoms with Gasteiger partial charge in [0.1, 0.15) is 5.52 Å². The van der Waals surface area contributed by atoms with E-state index >= 15 is 0 Å². The van der Waals surface area contributed by atoms with E-state index in [-0.39, 0.29) is 12.3 Å². The fraction of sp³-hybridized carbons (Fsp3) is 0.182. The van der Waals surface area contributed by atoms with Gasteiger partial charge in [0.25, 0.3) is 5.69 Å². The van der Waals surface area contributed by atoms with Crippen LogP contribution < -0.4 is 5.73 Å². The molecule has 0 aliphatic rings. The molecule has 0 aliphatic carbocycles. The number of pyridine rings is 2. The number of nitro benzene ring substituents is 1. The second kappa shape index (κ2) is 10.1. The molecule has 2 heterocycles. The number of aliphatic hydroxyl groups excluding tert-OH is 1. The summed E-state index contributed by atoms with van der Waals surface area (Å²) in [5, 5.41) is 20.2. The van der Waals surface area contributed by atoms with Crippen molar-refractivity contribution in [3.05, 3.63) is 82.2 Å². The van der Waals surface area contributed by atoms with E-state index in [1.165, 1.54) is 11.6 Å². The smallest absolute Gasteiger partial charge is 0.295 e. The van der Waals surface area contributed by atoms with Gasteiger partial charge in [-0.25, -0.2) is 4.98 Å². The summed E-state index contributed by atoms with van der Waals surface area (Å²) in [5.41, 5.74) is 10.1. The largest absolute Gasteiger partial charge is 0.397 e. The quantitative estimate of drug-likeness (QED) is 0.278. The Morgan fingerprint density at radius 3 is 1.93 bits per heavy atom. The molecule has 0 aliphatic heterocycles. The average Bonchev–Trinajstić information content (AvgIpc) is 2.72. The van der Waals surface area contributed by atoms with Crippen molar-refractivity contribution in [2.75, 3.05) is 12.3 Å².